The number of carbonyl (C=O) groups is 1. The van der Waals surface area contributed by atoms with Crippen LogP contribution in [0.25, 0.3) is 0 Å². The van der Waals surface area contributed by atoms with Gasteiger partial charge in [-0.2, -0.15) is 0 Å². The summed E-state index contributed by atoms with van der Waals surface area (Å²) in [6, 6.07) is 5.76. The third kappa shape index (κ3) is 3.82. The van der Waals surface area contributed by atoms with E-state index in [0.717, 1.165) is 5.82 Å². The number of rotatable bonds is 5. The standard InChI is InChI=1S/C19H30N4O3S/c1-4-12-27(25,26)23-11-7-9-19(18(24)21(2)3)15-22(13-16(19)14-23)17-8-5-6-10-20-17/h5-6,8,10,16H,4,7,9,11-15H2,1-3H3/t16-,19+/m1/s1. The number of carbonyl (C=O) groups excluding carboxylic acids is 1. The fourth-order valence-corrected chi connectivity index (χ4v) is 6.14. The maximum absolute atomic E-state index is 13.2. The topological polar surface area (TPSA) is 73.8 Å². The first kappa shape index (κ1) is 20.1. The first-order valence-corrected chi connectivity index (χ1v) is 11.3. The Hall–Kier alpha value is -1.67. The van der Waals surface area contributed by atoms with Crippen molar-refractivity contribution in [3.05, 3.63) is 24.4 Å². The van der Waals surface area contributed by atoms with Crippen LogP contribution in [0.5, 0.6) is 0 Å². The van der Waals surface area contributed by atoms with Gasteiger partial charge < -0.3 is 9.80 Å². The van der Waals surface area contributed by atoms with Crippen molar-refractivity contribution in [2.75, 3.05) is 50.9 Å². The summed E-state index contributed by atoms with van der Waals surface area (Å²) in [5, 5.41) is 0. The smallest absolute Gasteiger partial charge is 0.230 e. The molecule has 2 aliphatic heterocycles. The van der Waals surface area contributed by atoms with Gasteiger partial charge in [-0.25, -0.2) is 17.7 Å². The molecule has 150 valence electrons. The number of sulfonamides is 1. The number of fused-ring (bicyclic) bond motifs is 1. The summed E-state index contributed by atoms with van der Waals surface area (Å²) >= 11 is 0. The second kappa shape index (κ2) is 7.75. The van der Waals surface area contributed by atoms with E-state index in [1.54, 1.807) is 29.5 Å². The van der Waals surface area contributed by atoms with Crippen molar-refractivity contribution in [2.45, 2.75) is 26.2 Å². The van der Waals surface area contributed by atoms with E-state index in [1.807, 2.05) is 25.1 Å². The molecule has 0 N–H and O–H groups in total. The molecule has 27 heavy (non-hydrogen) atoms. The molecule has 7 nitrogen and oxygen atoms in total. The van der Waals surface area contributed by atoms with Gasteiger partial charge in [0.25, 0.3) is 0 Å². The van der Waals surface area contributed by atoms with Crippen LogP contribution in [-0.4, -0.2) is 74.5 Å². The summed E-state index contributed by atoms with van der Waals surface area (Å²) in [5.41, 5.74) is -0.558. The van der Waals surface area contributed by atoms with Gasteiger partial charge in [0.2, 0.25) is 15.9 Å². The molecule has 1 amide bonds. The lowest BCUT2D eigenvalue weighted by atomic mass is 9.74. The Bertz CT molecular complexity index is 768. The summed E-state index contributed by atoms with van der Waals surface area (Å²) in [4.78, 5) is 21.5. The number of hydrogen-bond donors (Lipinski definition) is 0. The average molecular weight is 395 g/mol. The van der Waals surface area contributed by atoms with Crippen molar-refractivity contribution < 1.29 is 13.2 Å². The van der Waals surface area contributed by atoms with Gasteiger partial charge in [0.15, 0.2) is 0 Å². The molecule has 2 saturated heterocycles. The van der Waals surface area contributed by atoms with Crippen molar-refractivity contribution in [3.63, 3.8) is 0 Å². The normalized spacial score (nSPS) is 26.5. The summed E-state index contributed by atoms with van der Waals surface area (Å²) < 4.78 is 27.0. The van der Waals surface area contributed by atoms with Gasteiger partial charge in [0.05, 0.1) is 11.2 Å². The predicted octanol–water partition coefficient (Wildman–Crippen LogP) is 1.43. The highest BCUT2D eigenvalue weighted by Gasteiger charge is 2.54. The molecule has 2 aliphatic rings. The predicted molar refractivity (Wildman–Crippen MR) is 106 cm³/mol. The van der Waals surface area contributed by atoms with Gasteiger partial charge in [-0.05, 0) is 31.4 Å². The van der Waals surface area contributed by atoms with Gasteiger partial charge in [-0.3, -0.25) is 4.79 Å². The highest BCUT2D eigenvalue weighted by molar-refractivity contribution is 7.89. The van der Waals surface area contributed by atoms with Crippen molar-refractivity contribution >= 4 is 21.7 Å². The quantitative estimate of drug-likeness (QED) is 0.755. The van der Waals surface area contributed by atoms with Crippen LogP contribution >= 0.6 is 0 Å². The minimum atomic E-state index is -3.28. The highest BCUT2D eigenvalue weighted by atomic mass is 32.2. The number of pyridine rings is 1. The second-order valence-corrected chi connectivity index (χ2v) is 9.99. The number of aromatic nitrogens is 1. The molecule has 1 aromatic heterocycles. The monoisotopic (exact) mass is 394 g/mol. The fraction of sp³-hybridized carbons (Fsp3) is 0.684. The summed E-state index contributed by atoms with van der Waals surface area (Å²) in [6.45, 7) is 4.03. The number of hydrogen-bond acceptors (Lipinski definition) is 5. The largest absolute Gasteiger partial charge is 0.355 e. The van der Waals surface area contributed by atoms with E-state index in [2.05, 4.69) is 9.88 Å². The Morgan fingerprint density at radius 3 is 2.74 bits per heavy atom. The van der Waals surface area contributed by atoms with E-state index < -0.39 is 15.4 Å². The Balaban J connectivity index is 1.94. The Morgan fingerprint density at radius 2 is 2.11 bits per heavy atom. The summed E-state index contributed by atoms with van der Waals surface area (Å²) in [7, 11) is 0.296. The first-order chi connectivity index (χ1) is 12.8. The molecule has 2 atom stereocenters. The number of anilines is 1. The molecule has 1 aromatic rings. The molecule has 0 bridgehead atoms. The van der Waals surface area contributed by atoms with E-state index >= 15 is 0 Å². The van der Waals surface area contributed by atoms with Crippen molar-refractivity contribution in [2.24, 2.45) is 11.3 Å². The molecule has 0 radical (unpaired) electrons. The second-order valence-electron chi connectivity index (χ2n) is 7.90. The van der Waals surface area contributed by atoms with Crippen LogP contribution in [0.1, 0.15) is 26.2 Å². The van der Waals surface area contributed by atoms with E-state index in [4.69, 9.17) is 0 Å². The molecule has 0 saturated carbocycles. The van der Waals surface area contributed by atoms with Crippen LogP contribution in [0, 0.1) is 11.3 Å². The minimum Gasteiger partial charge on any atom is -0.355 e. The molecule has 0 aliphatic carbocycles. The molecule has 8 heteroatoms. The first-order valence-electron chi connectivity index (χ1n) is 9.66. The van der Waals surface area contributed by atoms with Gasteiger partial charge in [0.1, 0.15) is 5.82 Å². The minimum absolute atomic E-state index is 0.0384. The van der Waals surface area contributed by atoms with E-state index in [-0.39, 0.29) is 17.6 Å². The van der Waals surface area contributed by atoms with Crippen molar-refractivity contribution in [1.29, 1.82) is 0 Å². The highest BCUT2D eigenvalue weighted by Crippen LogP contribution is 2.45. The zero-order valence-electron chi connectivity index (χ0n) is 16.5. The van der Waals surface area contributed by atoms with Gasteiger partial charge >= 0.3 is 0 Å². The molecular weight excluding hydrogens is 364 g/mol. The fourth-order valence-electron chi connectivity index (χ4n) is 4.55. The van der Waals surface area contributed by atoms with Crippen molar-refractivity contribution in [3.8, 4) is 0 Å². The van der Waals surface area contributed by atoms with Crippen LogP contribution in [0.15, 0.2) is 24.4 Å². The Morgan fingerprint density at radius 1 is 1.33 bits per heavy atom. The van der Waals surface area contributed by atoms with E-state index in [9.17, 15) is 13.2 Å². The van der Waals surface area contributed by atoms with Crippen LogP contribution in [0.3, 0.4) is 0 Å². The van der Waals surface area contributed by atoms with Crippen LogP contribution < -0.4 is 4.90 Å². The van der Waals surface area contributed by atoms with E-state index in [1.165, 1.54) is 0 Å². The SMILES string of the molecule is CCCS(=O)(=O)N1CCC[C@]2(C(=O)N(C)C)CN(c3ccccn3)C[C@@H]2C1. The molecule has 3 heterocycles. The molecular formula is C19H30N4O3S. The zero-order chi connectivity index (χ0) is 19.7. The molecule has 0 aromatic carbocycles. The van der Waals surface area contributed by atoms with Gasteiger partial charge in [-0.15, -0.1) is 0 Å². The number of nitrogens with zero attached hydrogens (tertiary/aromatic N) is 4. The lowest BCUT2D eigenvalue weighted by molar-refractivity contribution is -0.141. The number of amides is 1. The third-order valence-corrected chi connectivity index (χ3v) is 7.85. The van der Waals surface area contributed by atoms with Crippen LogP contribution in [-0.2, 0) is 14.8 Å². The summed E-state index contributed by atoms with van der Waals surface area (Å²) in [5.74, 6) is 1.07. The van der Waals surface area contributed by atoms with Crippen LogP contribution in [0.4, 0.5) is 5.82 Å². The maximum atomic E-state index is 13.2. The van der Waals surface area contributed by atoms with Gasteiger partial charge in [-0.1, -0.05) is 13.0 Å². The molecule has 0 unspecified atom stereocenters. The summed E-state index contributed by atoms with van der Waals surface area (Å²) in [6.07, 6.45) is 3.76. The van der Waals surface area contributed by atoms with Gasteiger partial charge in [0, 0.05) is 52.4 Å². The maximum Gasteiger partial charge on any atom is 0.230 e. The molecule has 0 spiro atoms. The van der Waals surface area contributed by atoms with Crippen LogP contribution in [0.2, 0.25) is 0 Å². The van der Waals surface area contributed by atoms with E-state index in [0.29, 0.717) is 45.4 Å². The third-order valence-electron chi connectivity index (χ3n) is 5.81. The lowest BCUT2D eigenvalue weighted by Gasteiger charge is -2.34. The molecule has 3 rings (SSSR count). The average Bonchev–Trinajstić information content (AvgIpc) is 2.90. The lowest BCUT2D eigenvalue weighted by Crippen LogP contribution is -2.47. The Kier molecular flexibility index (Phi) is 5.76. The Labute approximate surface area is 162 Å². The van der Waals surface area contributed by atoms with Crippen molar-refractivity contribution in [1.82, 2.24) is 14.2 Å². The molecule has 2 fully saturated rings. The zero-order valence-corrected chi connectivity index (χ0v) is 17.3.